The van der Waals surface area contributed by atoms with Crippen LogP contribution in [-0.4, -0.2) is 41.6 Å². The Kier molecular flexibility index (Phi) is 6.33. The Morgan fingerprint density at radius 1 is 1.07 bits per heavy atom. The molecule has 3 heterocycles. The number of likely N-dealkylation sites (tertiary alicyclic amines) is 1. The van der Waals surface area contributed by atoms with Gasteiger partial charge in [-0.25, -0.2) is 4.39 Å². The summed E-state index contributed by atoms with van der Waals surface area (Å²) in [6.45, 7) is 1.64. The van der Waals surface area contributed by atoms with E-state index in [2.05, 4.69) is 20.9 Å². The van der Waals surface area contributed by atoms with Gasteiger partial charge in [0, 0.05) is 38.2 Å². The highest BCUT2D eigenvalue weighted by Gasteiger charge is 2.41. The predicted octanol–water partition coefficient (Wildman–Crippen LogP) is 3.17. The van der Waals surface area contributed by atoms with Gasteiger partial charge in [0.1, 0.15) is 0 Å². The van der Waals surface area contributed by atoms with E-state index >= 15 is 4.39 Å². The Hall–Kier alpha value is -2.07. The first kappa shape index (κ1) is 21.2. The summed E-state index contributed by atoms with van der Waals surface area (Å²) < 4.78 is 54.0. The molecule has 2 saturated heterocycles. The molecule has 3 N–H and O–H groups in total. The SMILES string of the molecule is FC1C(NCc2ccncc2)NCNC1N1CCCC1c1ccc(C(F)(F)F)cc1. The molecule has 9 heteroatoms. The zero-order valence-electron chi connectivity index (χ0n) is 16.4. The van der Waals surface area contributed by atoms with E-state index in [9.17, 15) is 13.2 Å². The molecule has 0 saturated carbocycles. The zero-order chi connectivity index (χ0) is 21.1. The fraction of sp³-hybridized carbons (Fsp3) is 0.476. The summed E-state index contributed by atoms with van der Waals surface area (Å²) in [6.07, 6.45) is -1.58. The molecule has 2 aromatic rings. The molecule has 162 valence electrons. The van der Waals surface area contributed by atoms with Crippen molar-refractivity contribution in [3.63, 3.8) is 0 Å². The summed E-state index contributed by atoms with van der Waals surface area (Å²) >= 11 is 0. The molecular formula is C21H25F4N5. The second kappa shape index (κ2) is 8.97. The first-order chi connectivity index (χ1) is 14.4. The minimum atomic E-state index is -4.36. The van der Waals surface area contributed by atoms with E-state index in [-0.39, 0.29) is 6.04 Å². The average Bonchev–Trinajstić information content (AvgIpc) is 3.23. The van der Waals surface area contributed by atoms with Gasteiger partial charge in [-0.1, -0.05) is 12.1 Å². The maximum Gasteiger partial charge on any atom is 0.416 e. The van der Waals surface area contributed by atoms with E-state index in [1.807, 2.05) is 17.0 Å². The first-order valence-electron chi connectivity index (χ1n) is 10.1. The number of alkyl halides is 4. The van der Waals surface area contributed by atoms with Crippen LogP contribution in [0.15, 0.2) is 48.8 Å². The number of halogens is 4. The normalized spacial score (nSPS) is 28.0. The minimum absolute atomic E-state index is 0.109. The van der Waals surface area contributed by atoms with Gasteiger partial charge in [0.2, 0.25) is 0 Å². The Morgan fingerprint density at radius 2 is 1.80 bits per heavy atom. The Morgan fingerprint density at radius 3 is 2.50 bits per heavy atom. The van der Waals surface area contributed by atoms with Crippen LogP contribution in [0.3, 0.4) is 0 Å². The Labute approximate surface area is 172 Å². The van der Waals surface area contributed by atoms with Gasteiger partial charge in [-0.05, 0) is 48.2 Å². The summed E-state index contributed by atoms with van der Waals surface area (Å²) in [7, 11) is 0. The fourth-order valence-corrected chi connectivity index (χ4v) is 4.27. The van der Waals surface area contributed by atoms with Crippen molar-refractivity contribution in [2.24, 2.45) is 0 Å². The fourth-order valence-electron chi connectivity index (χ4n) is 4.27. The van der Waals surface area contributed by atoms with E-state index in [1.165, 1.54) is 12.1 Å². The highest BCUT2D eigenvalue weighted by Crippen LogP contribution is 2.36. The highest BCUT2D eigenvalue weighted by molar-refractivity contribution is 5.27. The van der Waals surface area contributed by atoms with E-state index in [1.54, 1.807) is 12.4 Å². The summed E-state index contributed by atoms with van der Waals surface area (Å²) in [5.74, 6) is 0. The van der Waals surface area contributed by atoms with E-state index in [0.29, 0.717) is 19.8 Å². The predicted molar refractivity (Wildman–Crippen MR) is 105 cm³/mol. The molecule has 4 atom stereocenters. The van der Waals surface area contributed by atoms with Crippen LogP contribution < -0.4 is 16.0 Å². The number of nitrogens with zero attached hydrogens (tertiary/aromatic N) is 2. The number of pyridine rings is 1. The van der Waals surface area contributed by atoms with Crippen LogP contribution >= 0.6 is 0 Å². The third-order valence-corrected chi connectivity index (χ3v) is 5.80. The first-order valence-corrected chi connectivity index (χ1v) is 10.1. The highest BCUT2D eigenvalue weighted by atomic mass is 19.4. The largest absolute Gasteiger partial charge is 0.416 e. The molecule has 1 aromatic heterocycles. The molecule has 0 spiro atoms. The molecule has 1 aromatic carbocycles. The minimum Gasteiger partial charge on any atom is -0.295 e. The lowest BCUT2D eigenvalue weighted by atomic mass is 10.0. The van der Waals surface area contributed by atoms with Crippen LogP contribution in [0.5, 0.6) is 0 Å². The van der Waals surface area contributed by atoms with Gasteiger partial charge in [0.25, 0.3) is 0 Å². The monoisotopic (exact) mass is 423 g/mol. The van der Waals surface area contributed by atoms with Gasteiger partial charge in [-0.15, -0.1) is 0 Å². The average molecular weight is 423 g/mol. The van der Waals surface area contributed by atoms with E-state index in [4.69, 9.17) is 0 Å². The Bertz CT molecular complexity index is 814. The maximum atomic E-state index is 15.4. The molecule has 0 aliphatic carbocycles. The van der Waals surface area contributed by atoms with Gasteiger partial charge in [0.05, 0.1) is 17.9 Å². The van der Waals surface area contributed by atoms with Gasteiger partial charge < -0.3 is 0 Å². The van der Waals surface area contributed by atoms with Crippen LogP contribution in [0.4, 0.5) is 17.6 Å². The molecular weight excluding hydrogens is 398 g/mol. The standard InChI is InChI=1S/C21H25F4N5/c22-18-19(27-12-14-7-9-26-10-8-14)28-13-29-20(18)30-11-1-2-17(30)15-3-5-16(6-4-15)21(23,24)25/h3-10,17-20,27-29H,1-2,11-13H2. The van der Waals surface area contributed by atoms with Gasteiger partial charge in [0.15, 0.2) is 6.17 Å². The number of aromatic nitrogens is 1. The second-order valence-electron chi connectivity index (χ2n) is 7.70. The molecule has 2 aliphatic rings. The molecule has 0 amide bonds. The van der Waals surface area contributed by atoms with Crippen molar-refractivity contribution in [3.8, 4) is 0 Å². The lowest BCUT2D eigenvalue weighted by molar-refractivity contribution is -0.137. The topological polar surface area (TPSA) is 52.2 Å². The smallest absolute Gasteiger partial charge is 0.295 e. The molecule has 0 bridgehead atoms. The van der Waals surface area contributed by atoms with Gasteiger partial charge in [-0.2, -0.15) is 13.2 Å². The van der Waals surface area contributed by atoms with Gasteiger partial charge >= 0.3 is 6.18 Å². The lowest BCUT2D eigenvalue weighted by Crippen LogP contribution is -2.68. The van der Waals surface area contributed by atoms with Crippen LogP contribution in [0, 0.1) is 0 Å². The third-order valence-electron chi connectivity index (χ3n) is 5.80. The van der Waals surface area contributed by atoms with Crippen molar-refractivity contribution in [2.75, 3.05) is 13.2 Å². The zero-order valence-corrected chi connectivity index (χ0v) is 16.4. The van der Waals surface area contributed by atoms with Crippen LogP contribution in [0.25, 0.3) is 0 Å². The summed E-state index contributed by atoms with van der Waals surface area (Å²) in [6, 6.07) is 8.88. The second-order valence-corrected chi connectivity index (χ2v) is 7.70. The summed E-state index contributed by atoms with van der Waals surface area (Å²) in [4.78, 5) is 6.02. The molecule has 0 radical (unpaired) electrons. The molecule has 2 fully saturated rings. The summed E-state index contributed by atoms with van der Waals surface area (Å²) in [5.41, 5.74) is 1.13. The molecule has 2 aliphatic heterocycles. The molecule has 4 unspecified atom stereocenters. The van der Waals surface area contributed by atoms with Crippen molar-refractivity contribution in [2.45, 2.75) is 50.1 Å². The third kappa shape index (κ3) is 4.64. The number of hydrogen-bond acceptors (Lipinski definition) is 5. The lowest BCUT2D eigenvalue weighted by Gasteiger charge is -2.42. The quantitative estimate of drug-likeness (QED) is 0.645. The van der Waals surface area contributed by atoms with Crippen LogP contribution in [0.2, 0.25) is 0 Å². The summed E-state index contributed by atoms with van der Waals surface area (Å²) in [5, 5.41) is 9.51. The molecule has 5 nitrogen and oxygen atoms in total. The van der Waals surface area contributed by atoms with Crippen molar-refractivity contribution < 1.29 is 17.6 Å². The van der Waals surface area contributed by atoms with Gasteiger partial charge in [-0.3, -0.25) is 25.8 Å². The van der Waals surface area contributed by atoms with E-state index < -0.39 is 30.2 Å². The van der Waals surface area contributed by atoms with Crippen LogP contribution in [-0.2, 0) is 12.7 Å². The van der Waals surface area contributed by atoms with Crippen molar-refractivity contribution in [1.82, 2.24) is 25.8 Å². The number of hydrogen-bond donors (Lipinski definition) is 3. The maximum absolute atomic E-state index is 15.4. The molecule has 30 heavy (non-hydrogen) atoms. The Balaban J connectivity index is 1.44. The van der Waals surface area contributed by atoms with Crippen LogP contribution in [0.1, 0.15) is 35.6 Å². The van der Waals surface area contributed by atoms with Crippen molar-refractivity contribution in [1.29, 1.82) is 0 Å². The number of rotatable bonds is 5. The van der Waals surface area contributed by atoms with Crippen molar-refractivity contribution >= 4 is 0 Å². The van der Waals surface area contributed by atoms with E-state index in [0.717, 1.165) is 36.1 Å². The molecule has 4 rings (SSSR count). The van der Waals surface area contributed by atoms with Crippen molar-refractivity contribution in [3.05, 3.63) is 65.5 Å². The number of benzene rings is 1. The number of nitrogens with one attached hydrogen (secondary N) is 3.